The molecule has 0 aliphatic carbocycles. The fraction of sp³-hybridized carbons (Fsp3) is 0.200. The van der Waals surface area contributed by atoms with Crippen molar-refractivity contribution in [1.29, 1.82) is 0 Å². The van der Waals surface area contributed by atoms with Gasteiger partial charge in [0.1, 0.15) is 24.7 Å². The summed E-state index contributed by atoms with van der Waals surface area (Å²) in [6.45, 7) is 1.05. The van der Waals surface area contributed by atoms with Crippen LogP contribution in [0.5, 0.6) is 11.5 Å². The molecule has 0 aliphatic heterocycles. The highest BCUT2D eigenvalue weighted by molar-refractivity contribution is 9.10. The van der Waals surface area contributed by atoms with E-state index in [-0.39, 0.29) is 0 Å². The Balaban J connectivity index is 1.72. The summed E-state index contributed by atoms with van der Waals surface area (Å²) in [5.41, 5.74) is 1.07. The second-order valence-electron chi connectivity index (χ2n) is 3.93. The largest absolute Gasteiger partial charge is 0.490 e. The van der Waals surface area contributed by atoms with Crippen LogP contribution in [0.1, 0.15) is 0 Å². The summed E-state index contributed by atoms with van der Waals surface area (Å²) < 4.78 is 12.2. The molecule has 0 radical (unpaired) electrons. The lowest BCUT2D eigenvalue weighted by Gasteiger charge is -2.09. The second-order valence-corrected chi connectivity index (χ2v) is 4.84. The van der Waals surface area contributed by atoms with E-state index in [0.29, 0.717) is 13.2 Å². The van der Waals surface area contributed by atoms with E-state index in [4.69, 9.17) is 9.47 Å². The van der Waals surface area contributed by atoms with Gasteiger partial charge in [0, 0.05) is 17.2 Å². The van der Waals surface area contributed by atoms with Gasteiger partial charge >= 0.3 is 0 Å². The Bertz CT molecular complexity index is 497. The summed E-state index contributed by atoms with van der Waals surface area (Å²) in [6.07, 6.45) is 0. The molecule has 0 bridgehead atoms. The number of ether oxygens (including phenoxy) is 2. The minimum Gasteiger partial charge on any atom is -0.490 e. The first kappa shape index (κ1) is 13.7. The maximum Gasteiger partial charge on any atom is 0.122 e. The first-order chi connectivity index (χ1) is 9.28. The maximum atomic E-state index is 5.59. The molecule has 1 N–H and O–H groups in total. The third kappa shape index (κ3) is 4.48. The van der Waals surface area contributed by atoms with E-state index in [2.05, 4.69) is 21.2 Å². The van der Waals surface area contributed by atoms with Crippen molar-refractivity contribution in [2.24, 2.45) is 0 Å². The standard InChI is InChI=1S/C15H16BrNO2/c1-17-13-4-8-15(9-5-13)19-11-10-18-14-6-2-12(16)3-7-14/h2-9,17H,10-11H2,1H3. The highest BCUT2D eigenvalue weighted by Gasteiger charge is 1.96. The van der Waals surface area contributed by atoms with Crippen LogP contribution in [0.2, 0.25) is 0 Å². The molecule has 2 aromatic carbocycles. The van der Waals surface area contributed by atoms with E-state index >= 15 is 0 Å². The molecule has 0 saturated heterocycles. The van der Waals surface area contributed by atoms with Crippen molar-refractivity contribution in [3.63, 3.8) is 0 Å². The number of halogens is 1. The number of hydrogen-bond donors (Lipinski definition) is 1. The molecular formula is C15H16BrNO2. The molecule has 0 fully saturated rings. The van der Waals surface area contributed by atoms with Crippen LogP contribution in [0.4, 0.5) is 5.69 Å². The van der Waals surface area contributed by atoms with E-state index in [1.807, 2.05) is 55.6 Å². The summed E-state index contributed by atoms with van der Waals surface area (Å²) in [5.74, 6) is 1.69. The average molecular weight is 322 g/mol. The van der Waals surface area contributed by atoms with Gasteiger partial charge in [-0.2, -0.15) is 0 Å². The third-order valence-corrected chi connectivity index (χ3v) is 3.11. The van der Waals surface area contributed by atoms with Gasteiger partial charge in [0.15, 0.2) is 0 Å². The first-order valence-electron chi connectivity index (χ1n) is 6.07. The molecule has 2 aromatic rings. The van der Waals surface area contributed by atoms with E-state index in [9.17, 15) is 0 Å². The van der Waals surface area contributed by atoms with Crippen LogP contribution in [-0.4, -0.2) is 20.3 Å². The number of rotatable bonds is 6. The minimum absolute atomic E-state index is 0.523. The predicted molar refractivity (Wildman–Crippen MR) is 81.1 cm³/mol. The summed E-state index contributed by atoms with van der Waals surface area (Å²) in [6, 6.07) is 15.6. The molecule has 0 amide bonds. The summed E-state index contributed by atoms with van der Waals surface area (Å²) in [7, 11) is 1.89. The van der Waals surface area contributed by atoms with Crippen molar-refractivity contribution in [2.45, 2.75) is 0 Å². The first-order valence-corrected chi connectivity index (χ1v) is 6.86. The zero-order chi connectivity index (χ0) is 13.5. The topological polar surface area (TPSA) is 30.5 Å². The number of hydrogen-bond acceptors (Lipinski definition) is 3. The normalized spacial score (nSPS) is 10.0. The molecule has 0 heterocycles. The van der Waals surface area contributed by atoms with Gasteiger partial charge in [0.25, 0.3) is 0 Å². The summed E-state index contributed by atoms with van der Waals surface area (Å²) in [5, 5.41) is 3.06. The third-order valence-electron chi connectivity index (χ3n) is 2.58. The van der Waals surface area contributed by atoms with Crippen molar-refractivity contribution in [2.75, 3.05) is 25.6 Å². The Kier molecular flexibility index (Phi) is 5.10. The Morgan fingerprint density at radius 1 is 0.842 bits per heavy atom. The molecule has 2 rings (SSSR count). The number of nitrogens with one attached hydrogen (secondary N) is 1. The minimum atomic E-state index is 0.523. The molecule has 0 saturated carbocycles. The average Bonchev–Trinajstić information content (AvgIpc) is 2.46. The molecule has 100 valence electrons. The number of benzene rings is 2. The lowest BCUT2D eigenvalue weighted by Crippen LogP contribution is -2.08. The molecule has 0 atom stereocenters. The highest BCUT2D eigenvalue weighted by atomic mass is 79.9. The van der Waals surface area contributed by atoms with Gasteiger partial charge in [0.2, 0.25) is 0 Å². The van der Waals surface area contributed by atoms with Crippen LogP contribution in [0.15, 0.2) is 53.0 Å². The fourth-order valence-corrected chi connectivity index (χ4v) is 1.83. The van der Waals surface area contributed by atoms with Gasteiger partial charge in [-0.1, -0.05) is 15.9 Å². The lowest BCUT2D eigenvalue weighted by atomic mass is 10.3. The van der Waals surface area contributed by atoms with E-state index in [1.165, 1.54) is 0 Å². The Hall–Kier alpha value is -1.68. The van der Waals surface area contributed by atoms with Gasteiger partial charge in [0.05, 0.1) is 0 Å². The molecule has 19 heavy (non-hydrogen) atoms. The Morgan fingerprint density at radius 3 is 1.79 bits per heavy atom. The van der Waals surface area contributed by atoms with E-state index in [1.54, 1.807) is 0 Å². The highest BCUT2D eigenvalue weighted by Crippen LogP contribution is 2.17. The zero-order valence-electron chi connectivity index (χ0n) is 10.7. The molecular weight excluding hydrogens is 306 g/mol. The molecule has 4 heteroatoms. The predicted octanol–water partition coefficient (Wildman–Crippen LogP) is 3.95. The molecule has 0 unspecified atom stereocenters. The smallest absolute Gasteiger partial charge is 0.122 e. The van der Waals surface area contributed by atoms with Crippen LogP contribution in [0, 0.1) is 0 Å². The zero-order valence-corrected chi connectivity index (χ0v) is 12.3. The van der Waals surface area contributed by atoms with Gasteiger partial charge in [-0.25, -0.2) is 0 Å². The van der Waals surface area contributed by atoms with E-state index in [0.717, 1.165) is 21.7 Å². The second kappa shape index (κ2) is 7.04. The summed E-state index contributed by atoms with van der Waals surface area (Å²) >= 11 is 3.38. The van der Waals surface area contributed by atoms with Crippen LogP contribution >= 0.6 is 15.9 Å². The Morgan fingerprint density at radius 2 is 1.32 bits per heavy atom. The summed E-state index contributed by atoms with van der Waals surface area (Å²) in [4.78, 5) is 0. The van der Waals surface area contributed by atoms with Crippen molar-refractivity contribution >= 4 is 21.6 Å². The van der Waals surface area contributed by atoms with Gasteiger partial charge in [-0.3, -0.25) is 0 Å². The van der Waals surface area contributed by atoms with Crippen LogP contribution in [0.25, 0.3) is 0 Å². The van der Waals surface area contributed by atoms with Gasteiger partial charge < -0.3 is 14.8 Å². The molecule has 3 nitrogen and oxygen atoms in total. The van der Waals surface area contributed by atoms with Gasteiger partial charge in [-0.15, -0.1) is 0 Å². The van der Waals surface area contributed by atoms with Crippen LogP contribution in [-0.2, 0) is 0 Å². The lowest BCUT2D eigenvalue weighted by molar-refractivity contribution is 0.217. The van der Waals surface area contributed by atoms with Crippen molar-refractivity contribution in [3.05, 3.63) is 53.0 Å². The SMILES string of the molecule is CNc1ccc(OCCOc2ccc(Br)cc2)cc1. The van der Waals surface area contributed by atoms with Crippen LogP contribution in [0.3, 0.4) is 0 Å². The van der Waals surface area contributed by atoms with Crippen molar-refractivity contribution < 1.29 is 9.47 Å². The quantitative estimate of drug-likeness (QED) is 0.817. The van der Waals surface area contributed by atoms with Crippen molar-refractivity contribution in [1.82, 2.24) is 0 Å². The molecule has 0 aliphatic rings. The maximum absolute atomic E-state index is 5.59. The molecule has 0 spiro atoms. The monoisotopic (exact) mass is 321 g/mol. The molecule has 0 aromatic heterocycles. The van der Waals surface area contributed by atoms with Crippen LogP contribution < -0.4 is 14.8 Å². The van der Waals surface area contributed by atoms with E-state index < -0.39 is 0 Å². The van der Waals surface area contributed by atoms with Crippen molar-refractivity contribution in [3.8, 4) is 11.5 Å². The number of anilines is 1. The fourth-order valence-electron chi connectivity index (χ4n) is 1.57. The Labute approximate surface area is 121 Å². The van der Waals surface area contributed by atoms with Gasteiger partial charge in [-0.05, 0) is 48.5 Å².